The molecular formula is C20H21ClFN3O2S. The smallest absolute Gasteiger partial charge is 0.263 e. The van der Waals surface area contributed by atoms with Crippen LogP contribution in [-0.2, 0) is 0 Å². The Morgan fingerprint density at radius 1 is 1.21 bits per heavy atom. The number of benzene rings is 2. The standard InChI is InChI=1S/C20H21ClFN3O2S/c1-24(2)9-4-10-25(19(26)15-11-13(21)5-8-17(15)27-3)20-23-16-7-6-14(22)12-18(16)28-20/h5-8,11-12H,4,9-10H2,1-3H3. The highest BCUT2D eigenvalue weighted by Crippen LogP contribution is 2.32. The Morgan fingerprint density at radius 2 is 2.00 bits per heavy atom. The molecule has 0 aliphatic carbocycles. The number of thiazole rings is 1. The van der Waals surface area contributed by atoms with Gasteiger partial charge in [-0.25, -0.2) is 9.37 Å². The van der Waals surface area contributed by atoms with Crippen LogP contribution < -0.4 is 9.64 Å². The average Bonchev–Trinajstić information content (AvgIpc) is 3.07. The number of ether oxygens (including phenoxy) is 1. The molecule has 0 saturated heterocycles. The third-order valence-electron chi connectivity index (χ3n) is 4.19. The van der Waals surface area contributed by atoms with Crippen molar-refractivity contribution in [1.82, 2.24) is 9.88 Å². The van der Waals surface area contributed by atoms with Gasteiger partial charge in [-0.1, -0.05) is 22.9 Å². The third-order valence-corrected chi connectivity index (χ3v) is 5.47. The number of rotatable bonds is 7. The molecule has 0 unspecified atom stereocenters. The van der Waals surface area contributed by atoms with Crippen molar-refractivity contribution in [1.29, 1.82) is 0 Å². The molecule has 5 nitrogen and oxygen atoms in total. The highest BCUT2D eigenvalue weighted by Gasteiger charge is 2.24. The maximum Gasteiger partial charge on any atom is 0.263 e. The zero-order chi connectivity index (χ0) is 20.3. The predicted octanol–water partition coefficient (Wildman–Crippen LogP) is 4.70. The molecular weight excluding hydrogens is 401 g/mol. The molecule has 1 aromatic heterocycles. The van der Waals surface area contributed by atoms with E-state index in [-0.39, 0.29) is 11.7 Å². The van der Waals surface area contributed by atoms with Gasteiger partial charge in [-0.3, -0.25) is 9.69 Å². The molecule has 2 aromatic carbocycles. The van der Waals surface area contributed by atoms with Gasteiger partial charge in [0.15, 0.2) is 5.13 Å². The number of fused-ring (bicyclic) bond motifs is 1. The van der Waals surface area contributed by atoms with Crippen LogP contribution in [0.5, 0.6) is 5.75 Å². The van der Waals surface area contributed by atoms with Crippen LogP contribution in [0.1, 0.15) is 16.8 Å². The molecule has 0 saturated carbocycles. The monoisotopic (exact) mass is 421 g/mol. The van der Waals surface area contributed by atoms with E-state index in [4.69, 9.17) is 16.3 Å². The molecule has 0 aliphatic rings. The van der Waals surface area contributed by atoms with Gasteiger partial charge in [0.25, 0.3) is 5.91 Å². The number of amides is 1. The first-order chi connectivity index (χ1) is 13.4. The number of anilines is 1. The Morgan fingerprint density at radius 3 is 2.71 bits per heavy atom. The Hall–Kier alpha value is -2.22. The molecule has 28 heavy (non-hydrogen) atoms. The van der Waals surface area contributed by atoms with Crippen molar-refractivity contribution in [2.45, 2.75) is 6.42 Å². The number of carbonyl (C=O) groups is 1. The van der Waals surface area contributed by atoms with Gasteiger partial charge in [0.2, 0.25) is 0 Å². The molecule has 0 fully saturated rings. The number of aromatic nitrogens is 1. The van der Waals surface area contributed by atoms with E-state index in [0.29, 0.717) is 38.2 Å². The van der Waals surface area contributed by atoms with E-state index in [9.17, 15) is 9.18 Å². The summed E-state index contributed by atoms with van der Waals surface area (Å²) in [5.41, 5.74) is 1.02. The fourth-order valence-corrected chi connectivity index (χ4v) is 4.01. The predicted molar refractivity (Wildman–Crippen MR) is 112 cm³/mol. The molecule has 3 aromatic rings. The molecule has 0 spiro atoms. The van der Waals surface area contributed by atoms with Gasteiger partial charge in [-0.05, 0) is 63.5 Å². The molecule has 148 valence electrons. The first-order valence-electron chi connectivity index (χ1n) is 8.75. The Balaban J connectivity index is 2.00. The highest BCUT2D eigenvalue weighted by molar-refractivity contribution is 7.22. The van der Waals surface area contributed by atoms with Crippen LogP contribution >= 0.6 is 22.9 Å². The van der Waals surface area contributed by atoms with Crippen LogP contribution in [0.25, 0.3) is 10.2 Å². The number of carbonyl (C=O) groups excluding carboxylic acids is 1. The van der Waals surface area contributed by atoms with Gasteiger partial charge in [-0.15, -0.1) is 0 Å². The first kappa shape index (κ1) is 20.5. The maximum atomic E-state index is 13.6. The van der Waals surface area contributed by atoms with E-state index in [1.54, 1.807) is 29.2 Å². The lowest BCUT2D eigenvalue weighted by atomic mass is 10.1. The van der Waals surface area contributed by atoms with Crippen LogP contribution in [0.4, 0.5) is 9.52 Å². The molecule has 1 heterocycles. The number of halogens is 2. The summed E-state index contributed by atoms with van der Waals surface area (Å²) in [6.45, 7) is 1.28. The van der Waals surface area contributed by atoms with Gasteiger partial charge < -0.3 is 9.64 Å². The molecule has 0 atom stereocenters. The Bertz CT molecular complexity index is 993. The van der Waals surface area contributed by atoms with Gasteiger partial charge in [0.1, 0.15) is 11.6 Å². The van der Waals surface area contributed by atoms with Gasteiger partial charge in [0.05, 0.1) is 22.9 Å². The van der Waals surface area contributed by atoms with E-state index >= 15 is 0 Å². The molecule has 0 radical (unpaired) electrons. The minimum absolute atomic E-state index is 0.252. The summed E-state index contributed by atoms with van der Waals surface area (Å²) in [6.07, 6.45) is 0.756. The fourth-order valence-electron chi connectivity index (χ4n) is 2.82. The summed E-state index contributed by atoms with van der Waals surface area (Å²) in [5.74, 6) is -0.138. The van der Waals surface area contributed by atoms with Crippen LogP contribution in [0.3, 0.4) is 0 Å². The van der Waals surface area contributed by atoms with Gasteiger partial charge in [-0.2, -0.15) is 0 Å². The largest absolute Gasteiger partial charge is 0.496 e. The lowest BCUT2D eigenvalue weighted by molar-refractivity contribution is 0.0983. The highest BCUT2D eigenvalue weighted by atomic mass is 35.5. The normalized spacial score (nSPS) is 11.2. The quantitative estimate of drug-likeness (QED) is 0.555. The summed E-state index contributed by atoms with van der Waals surface area (Å²) in [4.78, 5) is 21.6. The number of nitrogens with zero attached hydrogens (tertiary/aromatic N) is 3. The van der Waals surface area contributed by atoms with Crippen molar-refractivity contribution < 1.29 is 13.9 Å². The molecule has 0 bridgehead atoms. The van der Waals surface area contributed by atoms with E-state index in [1.807, 2.05) is 14.1 Å². The maximum absolute atomic E-state index is 13.6. The molecule has 0 N–H and O–H groups in total. The van der Waals surface area contributed by atoms with Crippen molar-refractivity contribution in [2.75, 3.05) is 39.2 Å². The van der Waals surface area contributed by atoms with Gasteiger partial charge in [0, 0.05) is 11.6 Å². The number of hydrogen-bond donors (Lipinski definition) is 0. The lowest BCUT2D eigenvalue weighted by Gasteiger charge is -2.22. The Labute approximate surface area is 172 Å². The van der Waals surface area contributed by atoms with Crippen molar-refractivity contribution >= 4 is 44.2 Å². The van der Waals surface area contributed by atoms with E-state index in [0.717, 1.165) is 13.0 Å². The summed E-state index contributed by atoms with van der Waals surface area (Å²) in [6, 6.07) is 9.35. The van der Waals surface area contributed by atoms with Crippen molar-refractivity contribution in [3.63, 3.8) is 0 Å². The minimum Gasteiger partial charge on any atom is -0.496 e. The minimum atomic E-state index is -0.329. The molecule has 0 aliphatic heterocycles. The summed E-state index contributed by atoms with van der Waals surface area (Å²) < 4.78 is 19.6. The fraction of sp³-hybridized carbons (Fsp3) is 0.300. The van der Waals surface area contributed by atoms with Crippen molar-refractivity contribution in [2.24, 2.45) is 0 Å². The molecule has 3 rings (SSSR count). The van der Waals surface area contributed by atoms with Crippen LogP contribution in [0.2, 0.25) is 5.02 Å². The van der Waals surface area contributed by atoms with Crippen molar-refractivity contribution in [3.8, 4) is 5.75 Å². The van der Waals surface area contributed by atoms with E-state index in [1.165, 1.54) is 30.6 Å². The number of hydrogen-bond acceptors (Lipinski definition) is 5. The summed E-state index contributed by atoms with van der Waals surface area (Å²) in [5, 5.41) is 0.968. The van der Waals surface area contributed by atoms with Crippen molar-refractivity contribution in [3.05, 3.63) is 52.8 Å². The second-order valence-electron chi connectivity index (χ2n) is 6.57. The molecule has 1 amide bonds. The SMILES string of the molecule is COc1ccc(Cl)cc1C(=O)N(CCCN(C)C)c1nc2ccc(F)cc2s1. The van der Waals surface area contributed by atoms with Crippen LogP contribution in [0, 0.1) is 5.82 Å². The first-order valence-corrected chi connectivity index (χ1v) is 9.94. The van der Waals surface area contributed by atoms with Crippen LogP contribution in [0.15, 0.2) is 36.4 Å². The lowest BCUT2D eigenvalue weighted by Crippen LogP contribution is -2.33. The topological polar surface area (TPSA) is 45.7 Å². The third kappa shape index (κ3) is 4.60. The average molecular weight is 422 g/mol. The zero-order valence-corrected chi connectivity index (χ0v) is 17.5. The van der Waals surface area contributed by atoms with Gasteiger partial charge >= 0.3 is 0 Å². The zero-order valence-electron chi connectivity index (χ0n) is 15.9. The van der Waals surface area contributed by atoms with Crippen LogP contribution in [-0.4, -0.2) is 50.1 Å². The summed E-state index contributed by atoms with van der Waals surface area (Å²) in [7, 11) is 5.47. The second kappa shape index (κ2) is 8.86. The number of methoxy groups -OCH3 is 1. The second-order valence-corrected chi connectivity index (χ2v) is 8.01. The Kier molecular flexibility index (Phi) is 6.49. The van der Waals surface area contributed by atoms with E-state index < -0.39 is 0 Å². The molecule has 8 heteroatoms. The summed E-state index contributed by atoms with van der Waals surface area (Å²) >= 11 is 7.39. The van der Waals surface area contributed by atoms with E-state index in [2.05, 4.69) is 9.88 Å².